The standard InChI is InChI=1S/C11H16BrNO/c1-3-9(4-2)8-14-10-5-6-11(12)13-7-10/h5-7,9H,3-4,8H2,1-2H3. The molecule has 78 valence electrons. The van der Waals surface area contributed by atoms with Crippen LogP contribution in [-0.2, 0) is 0 Å². The summed E-state index contributed by atoms with van der Waals surface area (Å²) in [5, 5.41) is 0. The van der Waals surface area contributed by atoms with Gasteiger partial charge in [-0.15, -0.1) is 0 Å². The summed E-state index contributed by atoms with van der Waals surface area (Å²) in [4.78, 5) is 4.10. The van der Waals surface area contributed by atoms with Gasteiger partial charge < -0.3 is 4.74 Å². The Morgan fingerprint density at radius 3 is 2.57 bits per heavy atom. The molecule has 1 aromatic rings. The van der Waals surface area contributed by atoms with Crippen molar-refractivity contribution in [2.24, 2.45) is 5.92 Å². The van der Waals surface area contributed by atoms with Crippen LogP contribution < -0.4 is 4.74 Å². The van der Waals surface area contributed by atoms with Crippen molar-refractivity contribution in [2.45, 2.75) is 26.7 Å². The summed E-state index contributed by atoms with van der Waals surface area (Å²) in [5.41, 5.74) is 0. The summed E-state index contributed by atoms with van der Waals surface area (Å²) >= 11 is 3.29. The van der Waals surface area contributed by atoms with Crippen LogP contribution in [0.3, 0.4) is 0 Å². The normalized spacial score (nSPS) is 10.6. The van der Waals surface area contributed by atoms with Crippen LogP contribution in [0, 0.1) is 5.92 Å². The molecule has 0 aliphatic heterocycles. The predicted octanol–water partition coefficient (Wildman–Crippen LogP) is 3.66. The van der Waals surface area contributed by atoms with E-state index in [1.165, 1.54) is 12.8 Å². The fourth-order valence-corrected chi connectivity index (χ4v) is 1.42. The maximum Gasteiger partial charge on any atom is 0.137 e. The molecule has 3 heteroatoms. The Hall–Kier alpha value is -0.570. The number of rotatable bonds is 5. The molecule has 0 saturated heterocycles. The minimum Gasteiger partial charge on any atom is -0.492 e. The lowest BCUT2D eigenvalue weighted by molar-refractivity contribution is 0.240. The topological polar surface area (TPSA) is 22.1 Å². The first-order valence-electron chi connectivity index (χ1n) is 5.00. The molecule has 1 heterocycles. The van der Waals surface area contributed by atoms with E-state index in [-0.39, 0.29) is 0 Å². The monoisotopic (exact) mass is 257 g/mol. The van der Waals surface area contributed by atoms with Gasteiger partial charge in [-0.25, -0.2) is 4.98 Å². The van der Waals surface area contributed by atoms with Crippen LogP contribution in [0.15, 0.2) is 22.9 Å². The largest absolute Gasteiger partial charge is 0.492 e. The van der Waals surface area contributed by atoms with Crippen LogP contribution >= 0.6 is 15.9 Å². The van der Waals surface area contributed by atoms with Crippen molar-refractivity contribution in [1.82, 2.24) is 4.98 Å². The van der Waals surface area contributed by atoms with Crippen LogP contribution in [-0.4, -0.2) is 11.6 Å². The Labute approximate surface area is 93.8 Å². The van der Waals surface area contributed by atoms with Crippen molar-refractivity contribution in [1.29, 1.82) is 0 Å². The smallest absolute Gasteiger partial charge is 0.137 e. The summed E-state index contributed by atoms with van der Waals surface area (Å²) in [7, 11) is 0. The number of nitrogens with zero attached hydrogens (tertiary/aromatic N) is 1. The molecule has 0 aliphatic rings. The van der Waals surface area contributed by atoms with E-state index in [4.69, 9.17) is 4.74 Å². The Morgan fingerprint density at radius 2 is 2.07 bits per heavy atom. The van der Waals surface area contributed by atoms with Crippen LogP contribution in [0.1, 0.15) is 26.7 Å². The van der Waals surface area contributed by atoms with Crippen molar-refractivity contribution >= 4 is 15.9 Å². The average Bonchev–Trinajstić information content (AvgIpc) is 2.22. The van der Waals surface area contributed by atoms with Gasteiger partial charge in [0.25, 0.3) is 0 Å². The second-order valence-corrected chi connectivity index (χ2v) is 4.12. The molecule has 0 unspecified atom stereocenters. The quantitative estimate of drug-likeness (QED) is 0.752. The number of pyridine rings is 1. The number of hydrogen-bond donors (Lipinski definition) is 0. The number of halogens is 1. The maximum atomic E-state index is 5.62. The Kier molecular flexibility index (Phi) is 4.94. The lowest BCUT2D eigenvalue weighted by Crippen LogP contribution is -2.10. The van der Waals surface area contributed by atoms with E-state index in [2.05, 4.69) is 34.8 Å². The molecule has 0 N–H and O–H groups in total. The number of aromatic nitrogens is 1. The average molecular weight is 258 g/mol. The van der Waals surface area contributed by atoms with Gasteiger partial charge in [-0.3, -0.25) is 0 Å². The lowest BCUT2D eigenvalue weighted by Gasteiger charge is -2.13. The highest BCUT2D eigenvalue weighted by Crippen LogP contribution is 2.15. The fraction of sp³-hybridized carbons (Fsp3) is 0.545. The van der Waals surface area contributed by atoms with Crippen LogP contribution in [0.2, 0.25) is 0 Å². The lowest BCUT2D eigenvalue weighted by atomic mass is 10.1. The van der Waals surface area contributed by atoms with Gasteiger partial charge in [0.15, 0.2) is 0 Å². The third kappa shape index (κ3) is 3.66. The van der Waals surface area contributed by atoms with Gasteiger partial charge in [0.05, 0.1) is 12.8 Å². The van der Waals surface area contributed by atoms with E-state index >= 15 is 0 Å². The number of ether oxygens (including phenoxy) is 1. The van der Waals surface area contributed by atoms with E-state index in [1.807, 2.05) is 12.1 Å². The molecule has 0 bridgehead atoms. The van der Waals surface area contributed by atoms with Crippen LogP contribution in [0.4, 0.5) is 0 Å². The van der Waals surface area contributed by atoms with E-state index in [1.54, 1.807) is 6.20 Å². The van der Waals surface area contributed by atoms with Crippen molar-refractivity contribution in [3.63, 3.8) is 0 Å². The van der Waals surface area contributed by atoms with Gasteiger partial charge in [-0.05, 0) is 34.0 Å². The summed E-state index contributed by atoms with van der Waals surface area (Å²) in [5.74, 6) is 1.50. The molecule has 1 aromatic heterocycles. The minimum absolute atomic E-state index is 0.652. The third-order valence-corrected chi connectivity index (χ3v) is 2.81. The van der Waals surface area contributed by atoms with Gasteiger partial charge in [0.2, 0.25) is 0 Å². The molecular formula is C11H16BrNO. The Morgan fingerprint density at radius 1 is 1.36 bits per heavy atom. The molecule has 0 atom stereocenters. The van der Waals surface area contributed by atoms with Crippen molar-refractivity contribution < 1.29 is 4.74 Å². The summed E-state index contributed by atoms with van der Waals surface area (Å²) in [6, 6.07) is 3.82. The zero-order valence-corrected chi connectivity index (χ0v) is 10.3. The third-order valence-electron chi connectivity index (χ3n) is 2.34. The molecule has 14 heavy (non-hydrogen) atoms. The van der Waals surface area contributed by atoms with Crippen molar-refractivity contribution in [3.05, 3.63) is 22.9 Å². The van der Waals surface area contributed by atoms with Crippen molar-refractivity contribution in [2.75, 3.05) is 6.61 Å². The first-order valence-corrected chi connectivity index (χ1v) is 5.79. The minimum atomic E-state index is 0.652. The van der Waals surface area contributed by atoms with E-state index in [0.717, 1.165) is 17.0 Å². The van der Waals surface area contributed by atoms with E-state index < -0.39 is 0 Å². The van der Waals surface area contributed by atoms with E-state index in [9.17, 15) is 0 Å². The molecular weight excluding hydrogens is 242 g/mol. The van der Waals surface area contributed by atoms with Crippen LogP contribution in [0.25, 0.3) is 0 Å². The summed E-state index contributed by atoms with van der Waals surface area (Å²) < 4.78 is 6.46. The molecule has 0 radical (unpaired) electrons. The van der Waals surface area contributed by atoms with Gasteiger partial charge >= 0.3 is 0 Å². The molecule has 0 spiro atoms. The molecule has 0 saturated carbocycles. The van der Waals surface area contributed by atoms with Crippen LogP contribution in [0.5, 0.6) is 5.75 Å². The maximum absolute atomic E-state index is 5.62. The van der Waals surface area contributed by atoms with E-state index in [0.29, 0.717) is 5.92 Å². The van der Waals surface area contributed by atoms with Gasteiger partial charge in [-0.2, -0.15) is 0 Å². The zero-order chi connectivity index (χ0) is 10.4. The van der Waals surface area contributed by atoms with Crippen molar-refractivity contribution in [3.8, 4) is 5.75 Å². The second kappa shape index (κ2) is 6.02. The zero-order valence-electron chi connectivity index (χ0n) is 8.66. The Bertz CT molecular complexity index is 256. The Balaban J connectivity index is 2.41. The fourth-order valence-electron chi connectivity index (χ4n) is 1.19. The van der Waals surface area contributed by atoms with Gasteiger partial charge in [0.1, 0.15) is 10.4 Å². The SMILES string of the molecule is CCC(CC)COc1ccc(Br)nc1. The molecule has 1 rings (SSSR count). The molecule has 2 nitrogen and oxygen atoms in total. The first kappa shape index (κ1) is 11.5. The van der Waals surface area contributed by atoms with Gasteiger partial charge in [-0.1, -0.05) is 26.7 Å². The number of hydrogen-bond acceptors (Lipinski definition) is 2. The molecule has 0 aliphatic carbocycles. The predicted molar refractivity (Wildman–Crippen MR) is 61.5 cm³/mol. The summed E-state index contributed by atoms with van der Waals surface area (Å²) in [6.07, 6.45) is 4.08. The highest BCUT2D eigenvalue weighted by molar-refractivity contribution is 9.10. The first-order chi connectivity index (χ1) is 6.76. The summed E-state index contributed by atoms with van der Waals surface area (Å²) in [6.45, 7) is 5.17. The molecule has 0 fully saturated rings. The highest BCUT2D eigenvalue weighted by atomic mass is 79.9. The van der Waals surface area contributed by atoms with Gasteiger partial charge in [0, 0.05) is 0 Å². The second-order valence-electron chi connectivity index (χ2n) is 3.31. The molecule has 0 aromatic carbocycles. The molecule has 0 amide bonds. The highest BCUT2D eigenvalue weighted by Gasteiger charge is 2.04.